The van der Waals surface area contributed by atoms with E-state index in [0.717, 1.165) is 37.1 Å². The van der Waals surface area contributed by atoms with E-state index in [-0.39, 0.29) is 5.91 Å². The molecule has 1 aromatic rings. The summed E-state index contributed by atoms with van der Waals surface area (Å²) in [4.78, 5) is 11.9. The van der Waals surface area contributed by atoms with E-state index in [1.54, 1.807) is 4.68 Å². The van der Waals surface area contributed by atoms with Gasteiger partial charge in [-0.2, -0.15) is 5.10 Å². The minimum atomic E-state index is 0.0641. The highest BCUT2D eigenvalue weighted by Gasteiger charge is 2.12. The Morgan fingerprint density at radius 2 is 2.21 bits per heavy atom. The van der Waals surface area contributed by atoms with E-state index in [9.17, 15) is 4.79 Å². The number of nitrogens with zero attached hydrogens (tertiary/aromatic N) is 2. The number of rotatable bonds is 8. The Morgan fingerprint density at radius 3 is 2.74 bits per heavy atom. The van der Waals surface area contributed by atoms with Crippen molar-refractivity contribution in [3.63, 3.8) is 0 Å². The lowest BCUT2D eigenvalue weighted by Crippen LogP contribution is -2.15. The fourth-order valence-electron chi connectivity index (χ4n) is 2.35. The first-order chi connectivity index (χ1) is 9.06. The lowest BCUT2D eigenvalue weighted by atomic mass is 9.94. The topological polar surface area (TPSA) is 72.9 Å². The molecule has 0 spiro atoms. The van der Waals surface area contributed by atoms with Crippen LogP contribution in [0.3, 0.4) is 0 Å². The molecule has 1 heterocycles. The zero-order chi connectivity index (χ0) is 14.3. The molecule has 19 heavy (non-hydrogen) atoms. The summed E-state index contributed by atoms with van der Waals surface area (Å²) < 4.78 is 1.71. The maximum Gasteiger partial charge on any atom is 0.224 e. The number of nitrogens with two attached hydrogens (primary N) is 1. The van der Waals surface area contributed by atoms with Crippen molar-refractivity contribution in [1.82, 2.24) is 9.78 Å². The predicted octanol–water partition coefficient (Wildman–Crippen LogP) is 2.21. The summed E-state index contributed by atoms with van der Waals surface area (Å²) in [5, 5.41) is 7.12. The van der Waals surface area contributed by atoms with Crippen LogP contribution < -0.4 is 11.1 Å². The van der Waals surface area contributed by atoms with Gasteiger partial charge in [0.15, 0.2) is 0 Å². The summed E-state index contributed by atoms with van der Waals surface area (Å²) in [6.45, 7) is 4.76. The normalized spacial score (nSPS) is 12.4. The average Bonchev–Trinajstić information content (AvgIpc) is 2.65. The molecule has 0 saturated heterocycles. The summed E-state index contributed by atoms with van der Waals surface area (Å²) in [5.74, 6) is 0.630. The molecule has 1 aromatic heterocycles. The van der Waals surface area contributed by atoms with Crippen LogP contribution in [0.2, 0.25) is 0 Å². The standard InChI is InChI=1S/C14H26N4O/c1-4-5-12(8-9-15)6-7-14(19)16-13-10-18(3)17-11(13)2/h10,12H,4-9,15H2,1-3H3,(H,16,19). The molecule has 108 valence electrons. The second kappa shape index (κ2) is 7.94. The molecular weight excluding hydrogens is 240 g/mol. The van der Waals surface area contributed by atoms with Crippen LogP contribution in [-0.4, -0.2) is 22.2 Å². The van der Waals surface area contributed by atoms with E-state index < -0.39 is 0 Å². The first-order valence-corrected chi connectivity index (χ1v) is 7.07. The maximum atomic E-state index is 11.9. The van der Waals surface area contributed by atoms with Crippen molar-refractivity contribution >= 4 is 11.6 Å². The lowest BCUT2D eigenvalue weighted by molar-refractivity contribution is -0.116. The van der Waals surface area contributed by atoms with Gasteiger partial charge in [-0.15, -0.1) is 0 Å². The Labute approximate surface area is 115 Å². The molecule has 0 aromatic carbocycles. The van der Waals surface area contributed by atoms with Crippen molar-refractivity contribution in [2.24, 2.45) is 18.7 Å². The first kappa shape index (κ1) is 15.7. The third kappa shape index (κ3) is 5.42. The summed E-state index contributed by atoms with van der Waals surface area (Å²) in [6, 6.07) is 0. The van der Waals surface area contributed by atoms with Crippen molar-refractivity contribution in [2.45, 2.75) is 46.0 Å². The number of nitrogens with one attached hydrogen (secondary N) is 1. The third-order valence-corrected chi connectivity index (χ3v) is 3.34. The van der Waals surface area contributed by atoms with Crippen molar-refractivity contribution in [1.29, 1.82) is 0 Å². The van der Waals surface area contributed by atoms with Gasteiger partial charge in [0.05, 0.1) is 11.4 Å². The monoisotopic (exact) mass is 266 g/mol. The predicted molar refractivity (Wildman–Crippen MR) is 77.9 cm³/mol. The number of carbonyl (C=O) groups excluding carboxylic acids is 1. The van der Waals surface area contributed by atoms with Crippen LogP contribution in [0.25, 0.3) is 0 Å². The van der Waals surface area contributed by atoms with Gasteiger partial charge in [0.2, 0.25) is 5.91 Å². The molecule has 1 unspecified atom stereocenters. The first-order valence-electron chi connectivity index (χ1n) is 7.07. The number of hydrogen-bond acceptors (Lipinski definition) is 3. The van der Waals surface area contributed by atoms with Gasteiger partial charge >= 0.3 is 0 Å². The second-order valence-corrected chi connectivity index (χ2v) is 5.12. The molecule has 5 nitrogen and oxygen atoms in total. The number of amides is 1. The number of anilines is 1. The summed E-state index contributed by atoms with van der Waals surface area (Å²) in [5.41, 5.74) is 7.25. The van der Waals surface area contributed by atoms with Gasteiger partial charge in [0.1, 0.15) is 0 Å². The van der Waals surface area contributed by atoms with Crippen LogP contribution in [0.5, 0.6) is 0 Å². The largest absolute Gasteiger partial charge is 0.330 e. The van der Waals surface area contributed by atoms with Crippen LogP contribution in [0.1, 0.15) is 44.7 Å². The van der Waals surface area contributed by atoms with Crippen LogP contribution in [0, 0.1) is 12.8 Å². The Hall–Kier alpha value is -1.36. The number of aromatic nitrogens is 2. The minimum Gasteiger partial charge on any atom is -0.330 e. The SMILES string of the molecule is CCCC(CCN)CCC(=O)Nc1cn(C)nc1C. The van der Waals surface area contributed by atoms with Crippen molar-refractivity contribution in [3.05, 3.63) is 11.9 Å². The fraction of sp³-hybridized carbons (Fsp3) is 0.714. The summed E-state index contributed by atoms with van der Waals surface area (Å²) >= 11 is 0. The second-order valence-electron chi connectivity index (χ2n) is 5.12. The molecule has 0 aliphatic rings. The highest BCUT2D eigenvalue weighted by atomic mass is 16.1. The molecule has 0 radical (unpaired) electrons. The lowest BCUT2D eigenvalue weighted by Gasteiger charge is -2.14. The highest BCUT2D eigenvalue weighted by Crippen LogP contribution is 2.18. The van der Waals surface area contributed by atoms with E-state index >= 15 is 0 Å². The molecule has 1 atom stereocenters. The van der Waals surface area contributed by atoms with Crippen molar-refractivity contribution < 1.29 is 4.79 Å². The quantitative estimate of drug-likeness (QED) is 0.757. The molecule has 0 fully saturated rings. The molecule has 0 saturated carbocycles. The van der Waals surface area contributed by atoms with Gasteiger partial charge < -0.3 is 11.1 Å². The number of carbonyl (C=O) groups is 1. The molecule has 0 aliphatic heterocycles. The molecule has 3 N–H and O–H groups in total. The summed E-state index contributed by atoms with van der Waals surface area (Å²) in [7, 11) is 1.85. The van der Waals surface area contributed by atoms with E-state index in [1.165, 1.54) is 0 Å². The Morgan fingerprint density at radius 1 is 1.47 bits per heavy atom. The van der Waals surface area contributed by atoms with Crippen LogP contribution in [0.4, 0.5) is 5.69 Å². The molecular formula is C14H26N4O. The molecule has 1 rings (SSSR count). The fourth-order valence-corrected chi connectivity index (χ4v) is 2.35. The molecule has 0 bridgehead atoms. The Kier molecular flexibility index (Phi) is 6.56. The smallest absolute Gasteiger partial charge is 0.224 e. The Balaban J connectivity index is 2.40. The van der Waals surface area contributed by atoms with Gasteiger partial charge in [0, 0.05) is 19.7 Å². The van der Waals surface area contributed by atoms with E-state index in [0.29, 0.717) is 18.9 Å². The molecule has 0 aliphatic carbocycles. The molecule has 1 amide bonds. The van der Waals surface area contributed by atoms with E-state index in [4.69, 9.17) is 5.73 Å². The van der Waals surface area contributed by atoms with Crippen LogP contribution >= 0.6 is 0 Å². The minimum absolute atomic E-state index is 0.0641. The van der Waals surface area contributed by atoms with Crippen molar-refractivity contribution in [3.8, 4) is 0 Å². The van der Waals surface area contributed by atoms with Crippen LogP contribution in [-0.2, 0) is 11.8 Å². The van der Waals surface area contributed by atoms with Gasteiger partial charge in [-0.3, -0.25) is 9.48 Å². The van der Waals surface area contributed by atoms with Gasteiger partial charge in [-0.05, 0) is 32.2 Å². The zero-order valence-corrected chi connectivity index (χ0v) is 12.3. The highest BCUT2D eigenvalue weighted by molar-refractivity contribution is 5.91. The number of hydrogen-bond donors (Lipinski definition) is 2. The van der Waals surface area contributed by atoms with Gasteiger partial charge in [0.25, 0.3) is 0 Å². The van der Waals surface area contributed by atoms with Gasteiger partial charge in [-0.25, -0.2) is 0 Å². The maximum absolute atomic E-state index is 11.9. The Bertz CT molecular complexity index is 394. The zero-order valence-electron chi connectivity index (χ0n) is 12.3. The van der Waals surface area contributed by atoms with Crippen LogP contribution in [0.15, 0.2) is 6.20 Å². The summed E-state index contributed by atoms with van der Waals surface area (Å²) in [6.07, 6.45) is 6.60. The van der Waals surface area contributed by atoms with E-state index in [1.807, 2.05) is 20.2 Å². The number of aryl methyl sites for hydroxylation is 2. The van der Waals surface area contributed by atoms with E-state index in [2.05, 4.69) is 17.3 Å². The molecule has 5 heteroatoms. The third-order valence-electron chi connectivity index (χ3n) is 3.34. The average molecular weight is 266 g/mol. The van der Waals surface area contributed by atoms with Gasteiger partial charge in [-0.1, -0.05) is 19.8 Å². The van der Waals surface area contributed by atoms with Crippen molar-refractivity contribution in [2.75, 3.05) is 11.9 Å².